The Morgan fingerprint density at radius 3 is 1.29 bits per heavy atom. The number of rotatable bonds is 12. The van der Waals surface area contributed by atoms with Crippen LogP contribution in [0.4, 0.5) is 0 Å². The molecule has 0 radical (unpaired) electrons. The highest BCUT2D eigenvalue weighted by molar-refractivity contribution is 4.94. The predicted molar refractivity (Wildman–Crippen MR) is 107 cm³/mol. The molecule has 0 saturated carbocycles. The first-order chi connectivity index (χ1) is 15.0. The molecule has 0 aliphatic carbocycles. The minimum atomic E-state index is -0.746. The second-order valence-corrected chi connectivity index (χ2v) is 7.31. The van der Waals surface area contributed by atoms with E-state index in [1.807, 2.05) is 0 Å². The van der Waals surface area contributed by atoms with Crippen LogP contribution >= 0.6 is 0 Å². The van der Waals surface area contributed by atoms with Crippen LogP contribution in [0.25, 0.3) is 0 Å². The van der Waals surface area contributed by atoms with Crippen LogP contribution < -0.4 is 0 Å². The highest BCUT2D eigenvalue weighted by Gasteiger charge is 2.50. The van der Waals surface area contributed by atoms with Crippen molar-refractivity contribution < 1.29 is 52.1 Å². The third-order valence-electron chi connectivity index (χ3n) is 5.80. The number of hydrogen-bond acceptors (Lipinski definition) is 11. The summed E-state index contributed by atoms with van der Waals surface area (Å²) in [5, 5.41) is 0. The van der Waals surface area contributed by atoms with Gasteiger partial charge >= 0.3 is 0 Å². The summed E-state index contributed by atoms with van der Waals surface area (Å²) in [7, 11) is 12.6. The van der Waals surface area contributed by atoms with Crippen LogP contribution in [0.15, 0.2) is 0 Å². The maximum atomic E-state index is 6.12. The lowest BCUT2D eigenvalue weighted by Crippen LogP contribution is -2.63. The molecule has 2 heterocycles. The van der Waals surface area contributed by atoms with Crippen molar-refractivity contribution in [2.45, 2.75) is 61.4 Å². The van der Waals surface area contributed by atoms with Gasteiger partial charge in [0.2, 0.25) is 0 Å². The molecular formula is C20H38O11. The summed E-state index contributed by atoms with van der Waals surface area (Å²) in [6, 6.07) is 0. The molecule has 31 heavy (non-hydrogen) atoms. The monoisotopic (exact) mass is 454 g/mol. The van der Waals surface area contributed by atoms with Gasteiger partial charge in [-0.25, -0.2) is 0 Å². The van der Waals surface area contributed by atoms with Gasteiger partial charge in [-0.15, -0.1) is 0 Å². The highest BCUT2D eigenvalue weighted by Crippen LogP contribution is 2.31. The van der Waals surface area contributed by atoms with Crippen LogP contribution in [0, 0.1) is 0 Å². The molecule has 0 aromatic carbocycles. The van der Waals surface area contributed by atoms with E-state index in [0.717, 1.165) is 0 Å². The largest absolute Gasteiger partial charge is 0.382 e. The van der Waals surface area contributed by atoms with Gasteiger partial charge in [0.15, 0.2) is 12.6 Å². The van der Waals surface area contributed by atoms with Crippen LogP contribution in [0.1, 0.15) is 0 Å². The quantitative estimate of drug-likeness (QED) is 0.393. The van der Waals surface area contributed by atoms with Crippen LogP contribution in [0.2, 0.25) is 0 Å². The minimum Gasteiger partial charge on any atom is -0.382 e. The lowest BCUT2D eigenvalue weighted by Gasteiger charge is -2.46. The molecule has 0 spiro atoms. The van der Waals surface area contributed by atoms with Crippen LogP contribution in [-0.2, 0) is 52.1 Å². The van der Waals surface area contributed by atoms with Gasteiger partial charge in [0.1, 0.15) is 48.8 Å². The van der Waals surface area contributed by atoms with Crippen molar-refractivity contribution in [3.8, 4) is 0 Å². The molecule has 2 fully saturated rings. The third-order valence-corrected chi connectivity index (χ3v) is 5.80. The van der Waals surface area contributed by atoms with E-state index < -0.39 is 55.3 Å². The van der Waals surface area contributed by atoms with E-state index in [9.17, 15) is 0 Å². The van der Waals surface area contributed by atoms with Crippen LogP contribution in [0.3, 0.4) is 0 Å². The van der Waals surface area contributed by atoms with Gasteiger partial charge in [-0.05, 0) is 0 Å². The van der Waals surface area contributed by atoms with Crippen molar-refractivity contribution >= 4 is 0 Å². The molecule has 0 N–H and O–H groups in total. The maximum absolute atomic E-state index is 6.12. The molecule has 11 heteroatoms. The summed E-state index contributed by atoms with van der Waals surface area (Å²) in [4.78, 5) is 0. The topological polar surface area (TPSA) is 102 Å². The van der Waals surface area contributed by atoms with Gasteiger partial charge in [0.05, 0.1) is 13.2 Å². The van der Waals surface area contributed by atoms with Gasteiger partial charge < -0.3 is 52.1 Å². The van der Waals surface area contributed by atoms with Gasteiger partial charge in [0.25, 0.3) is 0 Å². The zero-order valence-electron chi connectivity index (χ0n) is 19.7. The molecule has 2 saturated heterocycles. The zero-order valence-corrected chi connectivity index (χ0v) is 19.7. The van der Waals surface area contributed by atoms with E-state index in [2.05, 4.69) is 0 Å². The average molecular weight is 455 g/mol. The molecule has 2 aliphatic heterocycles. The smallest absolute Gasteiger partial charge is 0.187 e. The van der Waals surface area contributed by atoms with Crippen molar-refractivity contribution in [2.24, 2.45) is 0 Å². The van der Waals surface area contributed by atoms with Crippen molar-refractivity contribution in [1.29, 1.82) is 0 Å². The van der Waals surface area contributed by atoms with Gasteiger partial charge in [-0.3, -0.25) is 0 Å². The molecule has 0 aromatic rings. The highest BCUT2D eigenvalue weighted by atomic mass is 16.7. The van der Waals surface area contributed by atoms with E-state index >= 15 is 0 Å². The second kappa shape index (κ2) is 13.3. The number of methoxy groups -OCH3 is 8. The molecule has 184 valence electrons. The Morgan fingerprint density at radius 1 is 0.452 bits per heavy atom. The molecule has 2 aliphatic rings. The Hall–Kier alpha value is -0.440. The molecule has 11 nitrogen and oxygen atoms in total. The first kappa shape index (κ1) is 26.8. The minimum absolute atomic E-state index is 0.132. The SMILES string of the molecule is COCC1OC(OCC2OC(OC)C(OC)C(OC)C2OC)C(OC)C(OC)C1OC. The lowest BCUT2D eigenvalue weighted by atomic mass is 9.97. The zero-order chi connectivity index (χ0) is 23.0. The second-order valence-electron chi connectivity index (χ2n) is 7.31. The van der Waals surface area contributed by atoms with E-state index in [1.165, 1.54) is 0 Å². The standard InChI is InChI=1S/C20H38O11/c1-21-9-11-13(22-2)16(25-5)18(27-7)20(31-11)29-10-12-14(23-3)15(24-4)17(26-6)19(28-8)30-12/h11-20H,9-10H2,1-8H3. The molecule has 0 bridgehead atoms. The summed E-state index contributed by atoms with van der Waals surface area (Å²) < 4.78 is 62.7. The Morgan fingerprint density at radius 2 is 0.871 bits per heavy atom. The first-order valence-corrected chi connectivity index (χ1v) is 10.2. The van der Waals surface area contributed by atoms with Crippen molar-refractivity contribution in [3.05, 3.63) is 0 Å². The summed E-state index contributed by atoms with van der Waals surface area (Å²) >= 11 is 0. The van der Waals surface area contributed by atoms with Gasteiger partial charge in [-0.1, -0.05) is 0 Å². The fraction of sp³-hybridized carbons (Fsp3) is 1.00. The fourth-order valence-electron chi connectivity index (χ4n) is 4.31. The van der Waals surface area contributed by atoms with Crippen molar-refractivity contribution in [1.82, 2.24) is 0 Å². The van der Waals surface area contributed by atoms with E-state index in [0.29, 0.717) is 6.61 Å². The molecule has 10 atom stereocenters. The Balaban J connectivity index is 2.15. The van der Waals surface area contributed by atoms with Crippen LogP contribution in [-0.4, -0.2) is 132 Å². The Labute approximate surface area is 184 Å². The summed E-state index contributed by atoms with van der Waals surface area (Å²) in [6.45, 7) is 0.440. The molecule has 0 aromatic heterocycles. The average Bonchev–Trinajstić information content (AvgIpc) is 2.80. The summed E-state index contributed by atoms with van der Waals surface area (Å²) in [5.41, 5.74) is 0. The maximum Gasteiger partial charge on any atom is 0.187 e. The Bertz CT molecular complexity index is 496. The summed E-state index contributed by atoms with van der Waals surface area (Å²) in [6.07, 6.45) is -4.97. The van der Waals surface area contributed by atoms with E-state index in [4.69, 9.17) is 52.1 Å². The van der Waals surface area contributed by atoms with Crippen LogP contribution in [0.5, 0.6) is 0 Å². The van der Waals surface area contributed by atoms with Crippen molar-refractivity contribution in [2.75, 3.05) is 70.1 Å². The van der Waals surface area contributed by atoms with Gasteiger partial charge in [0, 0.05) is 56.9 Å². The lowest BCUT2D eigenvalue weighted by molar-refractivity contribution is -0.338. The number of ether oxygens (including phenoxy) is 11. The molecule has 0 amide bonds. The normalized spacial score (nSPS) is 41.4. The fourth-order valence-corrected chi connectivity index (χ4v) is 4.31. The molecule has 2 rings (SSSR count). The van der Waals surface area contributed by atoms with Crippen molar-refractivity contribution in [3.63, 3.8) is 0 Å². The molecule has 10 unspecified atom stereocenters. The van der Waals surface area contributed by atoms with E-state index in [1.54, 1.807) is 56.9 Å². The van der Waals surface area contributed by atoms with E-state index in [-0.39, 0.29) is 12.7 Å². The summed E-state index contributed by atoms with van der Waals surface area (Å²) in [5.74, 6) is 0. The predicted octanol–water partition coefficient (Wildman–Crippen LogP) is -0.164. The Kier molecular flexibility index (Phi) is 11.5. The van der Waals surface area contributed by atoms with Gasteiger partial charge in [-0.2, -0.15) is 0 Å². The molecular weight excluding hydrogens is 416 g/mol. The first-order valence-electron chi connectivity index (χ1n) is 10.2. The number of hydrogen-bond donors (Lipinski definition) is 0. The third kappa shape index (κ3) is 5.92.